The van der Waals surface area contributed by atoms with Crippen LogP contribution in [0.1, 0.15) is 35.4 Å². The number of carbonyl (C=O) groups is 1. The highest BCUT2D eigenvalue weighted by Gasteiger charge is 2.20. The van der Waals surface area contributed by atoms with Gasteiger partial charge in [0, 0.05) is 24.8 Å². The Morgan fingerprint density at radius 2 is 1.79 bits per heavy atom. The van der Waals surface area contributed by atoms with E-state index >= 15 is 0 Å². The second-order valence-electron chi connectivity index (χ2n) is 6.27. The molecule has 5 nitrogen and oxygen atoms in total. The molecule has 0 bridgehead atoms. The van der Waals surface area contributed by atoms with Crippen LogP contribution >= 0.6 is 11.3 Å². The second-order valence-corrected chi connectivity index (χ2v) is 9.37. The second kappa shape index (κ2) is 6.72. The number of fused-ring (bicyclic) bond motifs is 1. The van der Waals surface area contributed by atoms with E-state index in [-0.39, 0.29) is 5.91 Å². The summed E-state index contributed by atoms with van der Waals surface area (Å²) < 4.78 is 25.6. The van der Waals surface area contributed by atoms with E-state index in [2.05, 4.69) is 0 Å². The van der Waals surface area contributed by atoms with Crippen molar-refractivity contribution in [3.05, 3.63) is 29.1 Å². The maximum Gasteiger partial charge on any atom is 0.263 e. The number of amides is 1. The van der Waals surface area contributed by atoms with Crippen molar-refractivity contribution >= 4 is 43.0 Å². The zero-order valence-corrected chi connectivity index (χ0v) is 15.6. The number of rotatable bonds is 3. The van der Waals surface area contributed by atoms with Gasteiger partial charge in [-0.2, -0.15) is 0 Å². The molecule has 3 rings (SSSR count). The van der Waals surface area contributed by atoms with Crippen LogP contribution in [0.3, 0.4) is 0 Å². The fourth-order valence-corrected chi connectivity index (χ4v) is 4.46. The Bertz CT molecular complexity index is 850. The fourth-order valence-electron chi connectivity index (χ4n) is 2.95. The Morgan fingerprint density at radius 3 is 2.42 bits per heavy atom. The van der Waals surface area contributed by atoms with E-state index in [9.17, 15) is 13.2 Å². The lowest BCUT2D eigenvalue weighted by Gasteiger charge is -2.19. The zero-order valence-electron chi connectivity index (χ0n) is 14.0. The van der Waals surface area contributed by atoms with E-state index in [1.807, 2.05) is 23.1 Å². The summed E-state index contributed by atoms with van der Waals surface area (Å²) in [6.07, 6.45) is 5.70. The Hall–Kier alpha value is -1.60. The van der Waals surface area contributed by atoms with Crippen LogP contribution < -0.4 is 4.31 Å². The van der Waals surface area contributed by atoms with Crippen molar-refractivity contribution in [2.24, 2.45) is 0 Å². The van der Waals surface area contributed by atoms with E-state index in [0.717, 1.165) is 40.9 Å². The first kappa shape index (κ1) is 17.2. The predicted molar refractivity (Wildman–Crippen MR) is 99.4 cm³/mol. The van der Waals surface area contributed by atoms with Gasteiger partial charge < -0.3 is 4.90 Å². The first-order valence-electron chi connectivity index (χ1n) is 8.13. The van der Waals surface area contributed by atoms with Gasteiger partial charge in [-0.25, -0.2) is 8.42 Å². The Balaban J connectivity index is 1.89. The smallest absolute Gasteiger partial charge is 0.263 e. The molecule has 130 valence electrons. The van der Waals surface area contributed by atoms with Crippen molar-refractivity contribution in [3.63, 3.8) is 0 Å². The monoisotopic (exact) mass is 366 g/mol. The minimum Gasteiger partial charge on any atom is -0.338 e. The van der Waals surface area contributed by atoms with Crippen molar-refractivity contribution in [2.75, 3.05) is 30.7 Å². The van der Waals surface area contributed by atoms with Crippen molar-refractivity contribution in [2.45, 2.75) is 25.7 Å². The van der Waals surface area contributed by atoms with Crippen molar-refractivity contribution in [1.82, 2.24) is 4.90 Å². The fraction of sp³-hybridized carbons (Fsp3) is 0.471. The number of hydrogen-bond acceptors (Lipinski definition) is 4. The molecule has 7 heteroatoms. The quantitative estimate of drug-likeness (QED) is 0.837. The van der Waals surface area contributed by atoms with Crippen LogP contribution in [0.15, 0.2) is 24.3 Å². The molecule has 0 spiro atoms. The number of carbonyl (C=O) groups excluding carboxylic acids is 1. The molecular weight excluding hydrogens is 344 g/mol. The molecule has 1 fully saturated rings. The number of benzene rings is 1. The van der Waals surface area contributed by atoms with Gasteiger partial charge in [-0.1, -0.05) is 12.8 Å². The summed E-state index contributed by atoms with van der Waals surface area (Å²) in [5.74, 6) is 0.0936. The lowest BCUT2D eigenvalue weighted by Crippen LogP contribution is -2.31. The molecule has 1 saturated heterocycles. The molecule has 1 aromatic carbocycles. The summed E-state index contributed by atoms with van der Waals surface area (Å²) in [4.78, 5) is 15.4. The molecular formula is C17H22N2O3S2. The Kier molecular flexibility index (Phi) is 4.83. The van der Waals surface area contributed by atoms with E-state index < -0.39 is 10.0 Å². The van der Waals surface area contributed by atoms with Gasteiger partial charge in [-0.3, -0.25) is 9.10 Å². The van der Waals surface area contributed by atoms with Crippen molar-refractivity contribution in [3.8, 4) is 0 Å². The maximum atomic E-state index is 12.7. The number of thiophene rings is 1. The Morgan fingerprint density at radius 1 is 1.12 bits per heavy atom. The predicted octanol–water partition coefficient (Wildman–Crippen LogP) is 3.31. The lowest BCUT2D eigenvalue weighted by molar-refractivity contribution is 0.0766. The largest absolute Gasteiger partial charge is 0.338 e. The van der Waals surface area contributed by atoms with Crippen LogP contribution in [0.2, 0.25) is 0 Å². The molecule has 24 heavy (non-hydrogen) atoms. The number of hydrogen-bond donors (Lipinski definition) is 0. The third-order valence-electron chi connectivity index (χ3n) is 4.47. The topological polar surface area (TPSA) is 57.7 Å². The third kappa shape index (κ3) is 3.57. The average Bonchev–Trinajstić information content (AvgIpc) is 2.77. The average molecular weight is 367 g/mol. The molecule has 0 saturated carbocycles. The van der Waals surface area contributed by atoms with E-state index in [1.165, 1.54) is 41.8 Å². The molecule has 0 unspecified atom stereocenters. The SMILES string of the molecule is CN(c1ccc2sc(C(=O)N3CCCCCC3)cc2c1)S(C)(=O)=O. The summed E-state index contributed by atoms with van der Waals surface area (Å²) in [6, 6.07) is 7.37. The minimum absolute atomic E-state index is 0.0936. The van der Waals surface area contributed by atoms with Crippen LogP contribution in [0.5, 0.6) is 0 Å². The molecule has 0 aliphatic carbocycles. The lowest BCUT2D eigenvalue weighted by atomic mass is 10.2. The summed E-state index contributed by atoms with van der Waals surface area (Å²) in [5.41, 5.74) is 0.608. The van der Waals surface area contributed by atoms with Gasteiger partial charge in [0.2, 0.25) is 10.0 Å². The summed E-state index contributed by atoms with van der Waals surface area (Å²) in [7, 11) is -1.76. The molecule has 1 aliphatic heterocycles. The maximum absolute atomic E-state index is 12.7. The highest BCUT2D eigenvalue weighted by molar-refractivity contribution is 7.92. The third-order valence-corrected chi connectivity index (χ3v) is 6.77. The van der Waals surface area contributed by atoms with E-state index in [4.69, 9.17) is 0 Å². The minimum atomic E-state index is -3.29. The van der Waals surface area contributed by atoms with Crippen LogP contribution in [-0.2, 0) is 10.0 Å². The van der Waals surface area contributed by atoms with E-state index in [1.54, 1.807) is 6.07 Å². The van der Waals surface area contributed by atoms with Crippen molar-refractivity contribution in [1.29, 1.82) is 0 Å². The van der Waals surface area contributed by atoms with Gasteiger partial charge >= 0.3 is 0 Å². The van der Waals surface area contributed by atoms with Gasteiger partial charge in [0.15, 0.2) is 0 Å². The highest BCUT2D eigenvalue weighted by Crippen LogP contribution is 2.31. The van der Waals surface area contributed by atoms with Crippen LogP contribution in [0.4, 0.5) is 5.69 Å². The molecule has 0 atom stereocenters. The molecule has 0 radical (unpaired) electrons. The van der Waals surface area contributed by atoms with Crippen molar-refractivity contribution < 1.29 is 13.2 Å². The molecule has 1 aliphatic rings. The molecule has 1 aromatic heterocycles. The van der Waals surface area contributed by atoms with Crippen LogP contribution in [-0.4, -0.2) is 45.6 Å². The zero-order chi connectivity index (χ0) is 17.3. The Labute approximate surface area is 146 Å². The van der Waals surface area contributed by atoms with E-state index in [0.29, 0.717) is 5.69 Å². The van der Waals surface area contributed by atoms with Gasteiger partial charge in [0.25, 0.3) is 5.91 Å². The van der Waals surface area contributed by atoms with Gasteiger partial charge in [-0.05, 0) is 42.5 Å². The molecule has 0 N–H and O–H groups in total. The number of likely N-dealkylation sites (tertiary alicyclic amines) is 1. The number of nitrogens with zero attached hydrogens (tertiary/aromatic N) is 2. The van der Waals surface area contributed by atoms with Crippen LogP contribution in [0.25, 0.3) is 10.1 Å². The number of anilines is 1. The molecule has 1 amide bonds. The van der Waals surface area contributed by atoms with Crippen LogP contribution in [0, 0.1) is 0 Å². The summed E-state index contributed by atoms with van der Waals surface area (Å²) >= 11 is 1.47. The van der Waals surface area contributed by atoms with Gasteiger partial charge in [0.1, 0.15) is 0 Å². The normalized spacial score (nSPS) is 16.2. The van der Waals surface area contributed by atoms with Gasteiger partial charge in [-0.15, -0.1) is 11.3 Å². The van der Waals surface area contributed by atoms with Gasteiger partial charge in [0.05, 0.1) is 16.8 Å². The summed E-state index contributed by atoms with van der Waals surface area (Å²) in [5, 5.41) is 0.908. The number of sulfonamides is 1. The summed E-state index contributed by atoms with van der Waals surface area (Å²) in [6.45, 7) is 1.66. The first-order valence-corrected chi connectivity index (χ1v) is 10.8. The molecule has 2 heterocycles. The standard InChI is InChI=1S/C17H22N2O3S2/c1-18(24(2,21)22)14-7-8-15-13(11-14)12-16(23-15)17(20)19-9-5-3-4-6-10-19/h7-8,11-12H,3-6,9-10H2,1-2H3. The highest BCUT2D eigenvalue weighted by atomic mass is 32.2. The first-order chi connectivity index (χ1) is 11.4. The molecule has 2 aromatic rings.